The Morgan fingerprint density at radius 3 is 2.64 bits per heavy atom. The number of nitrogens with zero attached hydrogens (tertiary/aromatic N) is 5. The smallest absolute Gasteiger partial charge is 0.225 e. The average molecular weight is 458 g/mol. The summed E-state index contributed by atoms with van der Waals surface area (Å²) in [6.45, 7) is 10.9. The van der Waals surface area contributed by atoms with E-state index in [2.05, 4.69) is 31.3 Å². The van der Waals surface area contributed by atoms with Crippen molar-refractivity contribution in [3.8, 4) is 0 Å². The van der Waals surface area contributed by atoms with E-state index in [1.807, 2.05) is 13.0 Å². The van der Waals surface area contributed by atoms with Crippen molar-refractivity contribution in [1.29, 1.82) is 0 Å². The first kappa shape index (κ1) is 19.9. The van der Waals surface area contributed by atoms with Crippen molar-refractivity contribution in [3.63, 3.8) is 0 Å². The molecule has 2 aliphatic rings. The SMILES string of the molecule is C=C(C)C1OCCC1CN=C(N)N1CCN(c2ncccn2)CC1.I. The molecule has 0 saturated carbocycles. The topological polar surface area (TPSA) is 79.9 Å². The van der Waals surface area contributed by atoms with Crippen LogP contribution >= 0.6 is 24.0 Å². The number of anilines is 1. The normalized spacial score (nSPS) is 24.1. The molecule has 25 heavy (non-hydrogen) atoms. The first-order valence-corrected chi connectivity index (χ1v) is 8.49. The van der Waals surface area contributed by atoms with E-state index in [9.17, 15) is 0 Å². The molecule has 1 aromatic rings. The molecule has 3 rings (SSSR count). The fourth-order valence-corrected chi connectivity index (χ4v) is 3.27. The first-order valence-electron chi connectivity index (χ1n) is 8.49. The second kappa shape index (κ2) is 9.33. The highest BCUT2D eigenvalue weighted by molar-refractivity contribution is 14.0. The van der Waals surface area contributed by atoms with Gasteiger partial charge in [-0.05, 0) is 19.4 Å². The van der Waals surface area contributed by atoms with E-state index < -0.39 is 0 Å². The van der Waals surface area contributed by atoms with E-state index in [0.717, 1.165) is 50.7 Å². The maximum absolute atomic E-state index is 6.20. The standard InChI is InChI=1S/C17H26N6O.HI/c1-13(2)15-14(4-11-24-15)12-21-16(18)22-7-9-23(10-8-22)17-19-5-3-6-20-17;/h3,5-6,14-15H,1,4,7-12H2,2H3,(H2,18,21);1H. The molecule has 3 heterocycles. The van der Waals surface area contributed by atoms with Crippen molar-refractivity contribution < 1.29 is 4.74 Å². The Hall–Kier alpha value is -1.42. The van der Waals surface area contributed by atoms with Crippen LogP contribution in [0, 0.1) is 5.92 Å². The third-order valence-corrected chi connectivity index (χ3v) is 4.63. The van der Waals surface area contributed by atoms with Gasteiger partial charge in [-0.2, -0.15) is 0 Å². The lowest BCUT2D eigenvalue weighted by molar-refractivity contribution is 0.120. The van der Waals surface area contributed by atoms with Gasteiger partial charge in [-0.25, -0.2) is 9.97 Å². The third-order valence-electron chi connectivity index (χ3n) is 4.63. The molecule has 0 aliphatic carbocycles. The molecular weight excluding hydrogens is 431 g/mol. The van der Waals surface area contributed by atoms with Crippen LogP contribution in [0.4, 0.5) is 5.95 Å². The molecule has 0 amide bonds. The van der Waals surface area contributed by atoms with Gasteiger partial charge < -0.3 is 20.3 Å². The summed E-state index contributed by atoms with van der Waals surface area (Å²) in [7, 11) is 0. The van der Waals surface area contributed by atoms with Crippen molar-refractivity contribution in [2.45, 2.75) is 19.4 Å². The number of guanidine groups is 1. The van der Waals surface area contributed by atoms with E-state index in [-0.39, 0.29) is 30.1 Å². The van der Waals surface area contributed by atoms with Gasteiger partial charge in [0.2, 0.25) is 5.95 Å². The molecule has 0 spiro atoms. The van der Waals surface area contributed by atoms with E-state index in [1.54, 1.807) is 12.4 Å². The van der Waals surface area contributed by atoms with Crippen molar-refractivity contribution in [3.05, 3.63) is 30.6 Å². The van der Waals surface area contributed by atoms with Gasteiger partial charge in [0.25, 0.3) is 0 Å². The van der Waals surface area contributed by atoms with Crippen molar-refractivity contribution in [1.82, 2.24) is 14.9 Å². The molecule has 138 valence electrons. The zero-order valence-electron chi connectivity index (χ0n) is 14.7. The average Bonchev–Trinajstić information content (AvgIpc) is 3.09. The molecule has 2 aliphatic heterocycles. The van der Waals surface area contributed by atoms with Crippen molar-refractivity contribution in [2.24, 2.45) is 16.6 Å². The fraction of sp³-hybridized carbons (Fsp3) is 0.588. The Labute approximate surface area is 166 Å². The second-order valence-corrected chi connectivity index (χ2v) is 6.41. The molecule has 2 N–H and O–H groups in total. The van der Waals surface area contributed by atoms with Gasteiger partial charge >= 0.3 is 0 Å². The summed E-state index contributed by atoms with van der Waals surface area (Å²) in [6, 6.07) is 1.83. The molecule has 2 unspecified atom stereocenters. The predicted octanol–water partition coefficient (Wildman–Crippen LogP) is 1.51. The van der Waals surface area contributed by atoms with Gasteiger partial charge in [-0.1, -0.05) is 12.2 Å². The fourth-order valence-electron chi connectivity index (χ4n) is 3.27. The summed E-state index contributed by atoms with van der Waals surface area (Å²) in [6.07, 6.45) is 4.68. The van der Waals surface area contributed by atoms with Crippen LogP contribution in [0.25, 0.3) is 0 Å². The maximum atomic E-state index is 6.20. The summed E-state index contributed by atoms with van der Waals surface area (Å²) >= 11 is 0. The zero-order chi connectivity index (χ0) is 16.9. The van der Waals surface area contributed by atoms with Crippen molar-refractivity contribution >= 4 is 35.9 Å². The highest BCUT2D eigenvalue weighted by Crippen LogP contribution is 2.26. The first-order chi connectivity index (χ1) is 11.6. The summed E-state index contributed by atoms with van der Waals surface area (Å²) in [4.78, 5) is 17.5. The summed E-state index contributed by atoms with van der Waals surface area (Å²) in [5.41, 5.74) is 7.27. The highest BCUT2D eigenvalue weighted by Gasteiger charge is 2.29. The lowest BCUT2D eigenvalue weighted by atomic mass is 9.97. The maximum Gasteiger partial charge on any atom is 0.225 e. The van der Waals surface area contributed by atoms with E-state index in [4.69, 9.17) is 10.5 Å². The third kappa shape index (κ3) is 5.04. The minimum absolute atomic E-state index is 0. The number of piperazine rings is 1. The number of hydrogen-bond donors (Lipinski definition) is 1. The molecule has 0 bridgehead atoms. The van der Waals surface area contributed by atoms with Gasteiger partial charge in [0, 0.05) is 57.6 Å². The second-order valence-electron chi connectivity index (χ2n) is 6.41. The largest absolute Gasteiger partial charge is 0.374 e. The number of aliphatic imine (C=N–C) groups is 1. The zero-order valence-corrected chi connectivity index (χ0v) is 17.0. The summed E-state index contributed by atoms with van der Waals surface area (Å²) < 4.78 is 5.72. The Balaban J connectivity index is 0.00000225. The summed E-state index contributed by atoms with van der Waals surface area (Å²) in [5.74, 6) is 1.79. The van der Waals surface area contributed by atoms with Crippen LogP contribution < -0.4 is 10.6 Å². The quantitative estimate of drug-likeness (QED) is 0.319. The van der Waals surface area contributed by atoms with Crippen LogP contribution in [0.3, 0.4) is 0 Å². The Kier molecular flexibility index (Phi) is 7.42. The number of hydrogen-bond acceptors (Lipinski definition) is 5. The number of ether oxygens (including phenoxy) is 1. The molecule has 7 nitrogen and oxygen atoms in total. The van der Waals surface area contributed by atoms with E-state index in [0.29, 0.717) is 18.4 Å². The minimum atomic E-state index is 0. The van der Waals surface area contributed by atoms with Gasteiger partial charge in [0.15, 0.2) is 5.96 Å². The minimum Gasteiger partial charge on any atom is -0.374 e. The Morgan fingerprint density at radius 2 is 2.00 bits per heavy atom. The number of aromatic nitrogens is 2. The van der Waals surface area contributed by atoms with Crippen LogP contribution in [-0.2, 0) is 4.74 Å². The Morgan fingerprint density at radius 1 is 1.32 bits per heavy atom. The van der Waals surface area contributed by atoms with Crippen LogP contribution in [-0.4, -0.2) is 66.3 Å². The van der Waals surface area contributed by atoms with Gasteiger partial charge in [-0.15, -0.1) is 24.0 Å². The molecule has 2 fully saturated rings. The van der Waals surface area contributed by atoms with E-state index >= 15 is 0 Å². The molecule has 0 aromatic carbocycles. The van der Waals surface area contributed by atoms with Crippen LogP contribution in [0.2, 0.25) is 0 Å². The van der Waals surface area contributed by atoms with Gasteiger partial charge in [0.1, 0.15) is 0 Å². The van der Waals surface area contributed by atoms with Crippen LogP contribution in [0.1, 0.15) is 13.3 Å². The number of halogens is 1. The molecule has 8 heteroatoms. The van der Waals surface area contributed by atoms with Crippen LogP contribution in [0.5, 0.6) is 0 Å². The molecule has 2 atom stereocenters. The molecule has 2 saturated heterocycles. The van der Waals surface area contributed by atoms with Crippen LogP contribution in [0.15, 0.2) is 35.6 Å². The Bertz CT molecular complexity index is 588. The van der Waals surface area contributed by atoms with Crippen molar-refractivity contribution in [2.75, 3.05) is 44.2 Å². The lowest BCUT2D eigenvalue weighted by Gasteiger charge is -2.35. The highest BCUT2D eigenvalue weighted by atomic mass is 127. The lowest BCUT2D eigenvalue weighted by Crippen LogP contribution is -2.51. The van der Waals surface area contributed by atoms with Gasteiger partial charge in [0.05, 0.1) is 6.10 Å². The number of rotatable bonds is 4. The van der Waals surface area contributed by atoms with E-state index in [1.165, 1.54) is 0 Å². The molecular formula is C17H27IN6O. The summed E-state index contributed by atoms with van der Waals surface area (Å²) in [5, 5.41) is 0. The molecule has 1 aromatic heterocycles. The van der Waals surface area contributed by atoms with Gasteiger partial charge in [-0.3, -0.25) is 4.99 Å². The number of nitrogens with two attached hydrogens (primary N) is 1. The predicted molar refractivity (Wildman–Crippen MR) is 110 cm³/mol. The molecule has 0 radical (unpaired) electrons. The monoisotopic (exact) mass is 458 g/mol.